The molecule has 18 heavy (non-hydrogen) atoms. The summed E-state index contributed by atoms with van der Waals surface area (Å²) in [5, 5.41) is 13.6. The Morgan fingerprint density at radius 2 is 2.06 bits per heavy atom. The van der Waals surface area contributed by atoms with Gasteiger partial charge in [0.15, 0.2) is 0 Å². The second kappa shape index (κ2) is 5.71. The average Bonchev–Trinajstić information content (AvgIpc) is 2.45. The molecule has 8 heteroatoms. The number of ether oxygens (including phenoxy) is 1. The van der Waals surface area contributed by atoms with E-state index in [1.54, 1.807) is 13.2 Å². The van der Waals surface area contributed by atoms with Crippen LogP contribution in [0.15, 0.2) is 18.3 Å². The third kappa shape index (κ3) is 3.00. The highest BCUT2D eigenvalue weighted by molar-refractivity contribution is 5.35. The molecule has 0 saturated heterocycles. The minimum atomic E-state index is 0.246. The molecule has 2 aromatic heterocycles. The van der Waals surface area contributed by atoms with Crippen molar-refractivity contribution in [2.45, 2.75) is 6.54 Å². The SMILES string of the molecule is CNc1nc(NCc2cccnn2)nc(OC)n1. The number of anilines is 2. The van der Waals surface area contributed by atoms with E-state index in [1.165, 1.54) is 7.11 Å². The van der Waals surface area contributed by atoms with Gasteiger partial charge in [0.25, 0.3) is 0 Å². The minimum Gasteiger partial charge on any atom is -0.467 e. The molecule has 2 heterocycles. The Kier molecular flexibility index (Phi) is 3.79. The lowest BCUT2D eigenvalue weighted by molar-refractivity contribution is 0.379. The lowest BCUT2D eigenvalue weighted by atomic mass is 10.4. The van der Waals surface area contributed by atoms with Crippen molar-refractivity contribution in [2.24, 2.45) is 0 Å². The summed E-state index contributed by atoms with van der Waals surface area (Å²) in [7, 11) is 3.22. The zero-order valence-corrected chi connectivity index (χ0v) is 10.1. The normalized spacial score (nSPS) is 9.89. The van der Waals surface area contributed by atoms with Crippen LogP contribution >= 0.6 is 0 Å². The first kappa shape index (κ1) is 12.0. The summed E-state index contributed by atoms with van der Waals surface area (Å²) in [6, 6.07) is 3.92. The molecular formula is C10H13N7O. The van der Waals surface area contributed by atoms with E-state index in [1.807, 2.05) is 12.1 Å². The number of methoxy groups -OCH3 is 1. The largest absolute Gasteiger partial charge is 0.467 e. The number of hydrogen-bond acceptors (Lipinski definition) is 8. The number of nitrogens with zero attached hydrogens (tertiary/aromatic N) is 5. The Morgan fingerprint density at radius 1 is 1.22 bits per heavy atom. The van der Waals surface area contributed by atoms with Crippen LogP contribution in [0.2, 0.25) is 0 Å². The highest BCUT2D eigenvalue weighted by Gasteiger charge is 2.05. The van der Waals surface area contributed by atoms with E-state index in [-0.39, 0.29) is 6.01 Å². The Morgan fingerprint density at radius 3 is 2.72 bits per heavy atom. The molecule has 0 bridgehead atoms. The fourth-order valence-electron chi connectivity index (χ4n) is 1.24. The third-order valence-electron chi connectivity index (χ3n) is 2.08. The van der Waals surface area contributed by atoms with Crippen LogP contribution in [0, 0.1) is 0 Å². The zero-order valence-electron chi connectivity index (χ0n) is 10.1. The lowest BCUT2D eigenvalue weighted by Gasteiger charge is -2.07. The van der Waals surface area contributed by atoms with Crippen molar-refractivity contribution >= 4 is 11.9 Å². The lowest BCUT2D eigenvalue weighted by Crippen LogP contribution is -2.09. The molecule has 2 N–H and O–H groups in total. The number of hydrogen-bond donors (Lipinski definition) is 2. The van der Waals surface area contributed by atoms with Crippen molar-refractivity contribution in [3.63, 3.8) is 0 Å². The van der Waals surface area contributed by atoms with E-state index in [4.69, 9.17) is 4.74 Å². The summed E-state index contributed by atoms with van der Waals surface area (Å²) in [6.45, 7) is 0.476. The van der Waals surface area contributed by atoms with Crippen LogP contribution in [0.5, 0.6) is 6.01 Å². The van der Waals surface area contributed by atoms with E-state index in [9.17, 15) is 0 Å². The van der Waals surface area contributed by atoms with E-state index in [0.717, 1.165) is 5.69 Å². The van der Waals surface area contributed by atoms with Crippen LogP contribution in [0.1, 0.15) is 5.69 Å². The highest BCUT2D eigenvalue weighted by Crippen LogP contribution is 2.10. The molecular weight excluding hydrogens is 234 g/mol. The fraction of sp³-hybridized carbons (Fsp3) is 0.300. The number of aromatic nitrogens is 5. The smallest absolute Gasteiger partial charge is 0.322 e. The summed E-state index contributed by atoms with van der Waals surface area (Å²) in [6.07, 6.45) is 1.62. The standard InChI is InChI=1S/C10H13N7O/c1-11-8-14-9(16-10(15-8)18-2)12-6-7-4-3-5-13-17-7/h3-5H,6H2,1-2H3,(H2,11,12,14,15,16). The quantitative estimate of drug-likeness (QED) is 0.779. The first-order chi connectivity index (χ1) is 8.81. The van der Waals surface area contributed by atoms with E-state index in [0.29, 0.717) is 18.4 Å². The second-order valence-corrected chi connectivity index (χ2v) is 3.29. The van der Waals surface area contributed by atoms with Gasteiger partial charge in [-0.15, -0.1) is 0 Å². The van der Waals surface area contributed by atoms with Gasteiger partial charge in [0.05, 0.1) is 19.3 Å². The molecule has 2 aromatic rings. The topological polar surface area (TPSA) is 97.7 Å². The molecule has 0 fully saturated rings. The van der Waals surface area contributed by atoms with Gasteiger partial charge in [-0.3, -0.25) is 0 Å². The molecule has 0 amide bonds. The molecule has 8 nitrogen and oxygen atoms in total. The molecule has 0 aromatic carbocycles. The van der Waals surface area contributed by atoms with Crippen molar-refractivity contribution in [2.75, 3.05) is 24.8 Å². The minimum absolute atomic E-state index is 0.246. The van der Waals surface area contributed by atoms with Gasteiger partial charge in [0.2, 0.25) is 11.9 Å². The van der Waals surface area contributed by atoms with Gasteiger partial charge in [-0.2, -0.15) is 25.1 Å². The molecule has 2 rings (SSSR count). The predicted molar refractivity (Wildman–Crippen MR) is 65.3 cm³/mol. The van der Waals surface area contributed by atoms with E-state index in [2.05, 4.69) is 35.8 Å². The molecule has 0 radical (unpaired) electrons. The first-order valence-electron chi connectivity index (χ1n) is 5.30. The van der Waals surface area contributed by atoms with Gasteiger partial charge in [-0.05, 0) is 12.1 Å². The Bertz CT molecular complexity index is 483. The first-order valence-corrected chi connectivity index (χ1v) is 5.30. The van der Waals surface area contributed by atoms with Crippen molar-refractivity contribution < 1.29 is 4.74 Å². The predicted octanol–water partition coefficient (Wildman–Crippen LogP) is 0.324. The van der Waals surface area contributed by atoms with Crippen LogP contribution in [0.3, 0.4) is 0 Å². The molecule has 0 aliphatic rings. The van der Waals surface area contributed by atoms with Crippen molar-refractivity contribution in [3.05, 3.63) is 24.0 Å². The number of nitrogens with one attached hydrogen (secondary N) is 2. The van der Waals surface area contributed by atoms with Crippen molar-refractivity contribution in [1.29, 1.82) is 0 Å². The van der Waals surface area contributed by atoms with Gasteiger partial charge < -0.3 is 15.4 Å². The second-order valence-electron chi connectivity index (χ2n) is 3.29. The van der Waals surface area contributed by atoms with Crippen LogP contribution in [0.4, 0.5) is 11.9 Å². The average molecular weight is 247 g/mol. The van der Waals surface area contributed by atoms with Gasteiger partial charge in [-0.1, -0.05) is 0 Å². The van der Waals surface area contributed by atoms with Crippen LogP contribution in [-0.4, -0.2) is 39.3 Å². The van der Waals surface area contributed by atoms with Crippen LogP contribution in [0.25, 0.3) is 0 Å². The Hall–Kier alpha value is -2.51. The maximum atomic E-state index is 4.98. The van der Waals surface area contributed by atoms with Gasteiger partial charge >= 0.3 is 6.01 Å². The molecule has 0 spiro atoms. The highest BCUT2D eigenvalue weighted by atomic mass is 16.5. The van der Waals surface area contributed by atoms with Crippen LogP contribution < -0.4 is 15.4 Å². The number of rotatable bonds is 5. The van der Waals surface area contributed by atoms with Crippen molar-refractivity contribution in [3.8, 4) is 6.01 Å². The summed E-state index contributed by atoms with van der Waals surface area (Å²) in [4.78, 5) is 12.2. The maximum absolute atomic E-state index is 4.98. The van der Waals surface area contributed by atoms with Gasteiger partial charge in [0.1, 0.15) is 0 Å². The zero-order chi connectivity index (χ0) is 12.8. The summed E-state index contributed by atoms with van der Waals surface area (Å²) >= 11 is 0. The summed E-state index contributed by atoms with van der Waals surface area (Å²) in [5.41, 5.74) is 0.794. The van der Waals surface area contributed by atoms with Gasteiger partial charge in [0, 0.05) is 13.2 Å². The Balaban J connectivity index is 2.09. The summed E-state index contributed by atoms with van der Waals surface area (Å²) < 4.78 is 4.98. The Labute approximate surface area is 104 Å². The monoisotopic (exact) mass is 247 g/mol. The molecule has 94 valence electrons. The van der Waals surface area contributed by atoms with Gasteiger partial charge in [-0.25, -0.2) is 0 Å². The molecule has 0 atom stereocenters. The summed E-state index contributed by atoms with van der Waals surface area (Å²) in [5.74, 6) is 0.848. The third-order valence-corrected chi connectivity index (χ3v) is 2.08. The van der Waals surface area contributed by atoms with E-state index >= 15 is 0 Å². The molecule has 0 unspecified atom stereocenters. The molecule has 0 aliphatic carbocycles. The fourth-order valence-corrected chi connectivity index (χ4v) is 1.24. The van der Waals surface area contributed by atoms with Crippen LogP contribution in [-0.2, 0) is 6.54 Å². The van der Waals surface area contributed by atoms with E-state index < -0.39 is 0 Å². The maximum Gasteiger partial charge on any atom is 0.322 e. The molecule has 0 aliphatic heterocycles. The van der Waals surface area contributed by atoms with Crippen molar-refractivity contribution in [1.82, 2.24) is 25.1 Å². The molecule has 0 saturated carbocycles.